The van der Waals surface area contributed by atoms with E-state index in [0.717, 1.165) is 41.7 Å². The molecule has 0 amide bonds. The van der Waals surface area contributed by atoms with Crippen LogP contribution in [0.2, 0.25) is 0 Å². The summed E-state index contributed by atoms with van der Waals surface area (Å²) in [5.41, 5.74) is 2.80. The van der Waals surface area contributed by atoms with Gasteiger partial charge in [-0.15, -0.1) is 0 Å². The molecule has 3 heterocycles. The summed E-state index contributed by atoms with van der Waals surface area (Å²) in [5, 5.41) is 0. The minimum Gasteiger partial charge on any atom is -0.493 e. The zero-order valence-electron chi connectivity index (χ0n) is 15.1. The highest BCUT2D eigenvalue weighted by Gasteiger charge is 2.25. The summed E-state index contributed by atoms with van der Waals surface area (Å²) in [6, 6.07) is 7.86. The summed E-state index contributed by atoms with van der Waals surface area (Å²) < 4.78 is 19.7. The second kappa shape index (κ2) is 7.23. The fourth-order valence-electron chi connectivity index (χ4n) is 3.26. The second-order valence-corrected chi connectivity index (χ2v) is 6.54. The Labute approximate surface area is 152 Å². The first kappa shape index (κ1) is 16.7. The number of benzene rings is 1. The monoisotopic (exact) mass is 353 g/mol. The Morgan fingerprint density at radius 2 is 2.23 bits per heavy atom. The van der Waals surface area contributed by atoms with Gasteiger partial charge in [0.25, 0.3) is 0 Å². The van der Waals surface area contributed by atoms with E-state index in [1.54, 1.807) is 13.3 Å². The van der Waals surface area contributed by atoms with E-state index < -0.39 is 0 Å². The van der Waals surface area contributed by atoms with E-state index >= 15 is 0 Å². The average Bonchev–Trinajstić information content (AvgIpc) is 3.08. The van der Waals surface area contributed by atoms with Gasteiger partial charge in [-0.25, -0.2) is 9.97 Å². The summed E-state index contributed by atoms with van der Waals surface area (Å²) in [5.74, 6) is 2.15. The maximum Gasteiger partial charge on any atom is 0.203 e. The molecule has 6 heteroatoms. The predicted molar refractivity (Wildman–Crippen MR) is 99.1 cm³/mol. The normalized spacial score (nSPS) is 16.0. The molecule has 1 unspecified atom stereocenters. The number of ether oxygens (including phenoxy) is 3. The average molecular weight is 353 g/mol. The molecule has 0 saturated heterocycles. The van der Waals surface area contributed by atoms with Gasteiger partial charge < -0.3 is 18.8 Å². The Balaban J connectivity index is 1.61. The molecule has 0 spiro atoms. The molecular formula is C20H23N3O3. The number of rotatable bonds is 6. The molecule has 0 aliphatic carbocycles. The van der Waals surface area contributed by atoms with Crippen LogP contribution in [0, 0.1) is 0 Å². The largest absolute Gasteiger partial charge is 0.493 e. The van der Waals surface area contributed by atoms with E-state index in [2.05, 4.69) is 16.9 Å². The fourth-order valence-corrected chi connectivity index (χ4v) is 3.26. The molecule has 0 saturated carbocycles. The maximum absolute atomic E-state index is 6.13. The zero-order valence-corrected chi connectivity index (χ0v) is 15.1. The van der Waals surface area contributed by atoms with Crippen molar-refractivity contribution in [2.45, 2.75) is 38.8 Å². The Bertz CT molecular complexity index is 889. The van der Waals surface area contributed by atoms with Crippen LogP contribution in [0.4, 0.5) is 0 Å². The van der Waals surface area contributed by atoms with Crippen LogP contribution in [0.1, 0.15) is 31.7 Å². The number of nitrogens with zero attached hydrogens (tertiary/aromatic N) is 3. The molecule has 4 rings (SSSR count). The number of fused-ring (bicyclic) bond motifs is 2. The number of pyridine rings is 1. The summed E-state index contributed by atoms with van der Waals surface area (Å²) in [7, 11) is 1.66. The van der Waals surface area contributed by atoms with Crippen molar-refractivity contribution >= 4 is 11.2 Å². The van der Waals surface area contributed by atoms with E-state index in [1.165, 1.54) is 0 Å². The van der Waals surface area contributed by atoms with Crippen LogP contribution in [-0.4, -0.2) is 34.4 Å². The quantitative estimate of drug-likeness (QED) is 0.674. The second-order valence-electron chi connectivity index (χ2n) is 6.54. The fraction of sp³-hybridized carbons (Fsp3) is 0.400. The molecule has 26 heavy (non-hydrogen) atoms. The van der Waals surface area contributed by atoms with Gasteiger partial charge in [-0.05, 0) is 42.7 Å². The van der Waals surface area contributed by atoms with Gasteiger partial charge >= 0.3 is 0 Å². The molecule has 2 aromatic heterocycles. The lowest BCUT2D eigenvalue weighted by Crippen LogP contribution is -2.29. The molecule has 1 aliphatic rings. The van der Waals surface area contributed by atoms with Gasteiger partial charge in [0.2, 0.25) is 5.75 Å². The van der Waals surface area contributed by atoms with E-state index in [-0.39, 0.29) is 6.10 Å². The molecule has 6 nitrogen and oxygen atoms in total. The van der Waals surface area contributed by atoms with Gasteiger partial charge in [-0.3, -0.25) is 0 Å². The first-order valence-electron chi connectivity index (χ1n) is 9.04. The molecule has 0 bridgehead atoms. The lowest BCUT2D eigenvalue weighted by atomic mass is 10.1. The van der Waals surface area contributed by atoms with Crippen molar-refractivity contribution in [3.63, 3.8) is 0 Å². The van der Waals surface area contributed by atoms with Crippen molar-refractivity contribution in [2.75, 3.05) is 13.7 Å². The van der Waals surface area contributed by atoms with Gasteiger partial charge in [0.15, 0.2) is 17.1 Å². The lowest BCUT2D eigenvalue weighted by molar-refractivity contribution is 0.0793. The molecule has 1 aliphatic heterocycles. The van der Waals surface area contributed by atoms with Crippen LogP contribution in [0.3, 0.4) is 0 Å². The van der Waals surface area contributed by atoms with E-state index in [0.29, 0.717) is 24.7 Å². The third kappa shape index (κ3) is 3.19. The first-order chi connectivity index (χ1) is 12.8. The summed E-state index contributed by atoms with van der Waals surface area (Å²) in [6.45, 7) is 3.40. The highest BCUT2D eigenvalue weighted by molar-refractivity contribution is 5.70. The molecule has 136 valence electrons. The number of aromatic nitrogens is 3. The topological polar surface area (TPSA) is 58.4 Å². The summed E-state index contributed by atoms with van der Waals surface area (Å²) in [4.78, 5) is 8.82. The van der Waals surface area contributed by atoms with Crippen molar-refractivity contribution in [1.29, 1.82) is 0 Å². The third-order valence-corrected chi connectivity index (χ3v) is 4.62. The van der Waals surface area contributed by atoms with Gasteiger partial charge in [-0.1, -0.05) is 13.3 Å². The van der Waals surface area contributed by atoms with Crippen molar-refractivity contribution in [3.8, 4) is 17.2 Å². The SMILES string of the molecule is CCCCC1COc2cc(Cn3cnc4cccnc43)cc(OC)c2O1. The minimum absolute atomic E-state index is 0.0870. The van der Waals surface area contributed by atoms with Crippen molar-refractivity contribution in [2.24, 2.45) is 0 Å². The van der Waals surface area contributed by atoms with Crippen molar-refractivity contribution < 1.29 is 14.2 Å². The number of methoxy groups -OCH3 is 1. The molecule has 0 radical (unpaired) electrons. The highest BCUT2D eigenvalue weighted by atomic mass is 16.6. The number of hydrogen-bond donors (Lipinski definition) is 0. The molecular weight excluding hydrogens is 330 g/mol. The molecule has 0 N–H and O–H groups in total. The maximum atomic E-state index is 6.13. The zero-order chi connectivity index (χ0) is 17.9. The Hall–Kier alpha value is -2.76. The van der Waals surface area contributed by atoms with Crippen molar-refractivity contribution in [1.82, 2.24) is 14.5 Å². The predicted octanol–water partition coefficient (Wildman–Crippen LogP) is 3.82. The molecule has 1 atom stereocenters. The van der Waals surface area contributed by atoms with Gasteiger partial charge in [-0.2, -0.15) is 0 Å². The van der Waals surface area contributed by atoms with Gasteiger partial charge in [0.05, 0.1) is 20.0 Å². The third-order valence-electron chi connectivity index (χ3n) is 4.62. The van der Waals surface area contributed by atoms with E-state index in [1.807, 2.05) is 35.2 Å². The molecule has 0 fully saturated rings. The standard InChI is InChI=1S/C20H23N3O3/c1-3-4-6-15-12-25-18-10-14(9-17(24-2)19(18)26-15)11-23-13-22-16-7-5-8-21-20(16)23/h5,7-10,13,15H,3-4,6,11-12H2,1-2H3. The molecule has 3 aromatic rings. The van der Waals surface area contributed by atoms with Crippen molar-refractivity contribution in [3.05, 3.63) is 42.4 Å². The number of imidazole rings is 1. The van der Waals surface area contributed by atoms with Crippen LogP contribution in [0.15, 0.2) is 36.8 Å². The number of unbranched alkanes of at least 4 members (excludes halogenated alkanes) is 1. The highest BCUT2D eigenvalue weighted by Crippen LogP contribution is 2.42. The van der Waals surface area contributed by atoms with Gasteiger partial charge in [0.1, 0.15) is 18.2 Å². The van der Waals surface area contributed by atoms with Crippen LogP contribution >= 0.6 is 0 Å². The summed E-state index contributed by atoms with van der Waals surface area (Å²) in [6.07, 6.45) is 6.94. The minimum atomic E-state index is 0.0870. The van der Waals surface area contributed by atoms with Crippen LogP contribution in [0.25, 0.3) is 11.2 Å². The summed E-state index contributed by atoms with van der Waals surface area (Å²) >= 11 is 0. The molecule has 1 aromatic carbocycles. The van der Waals surface area contributed by atoms with Crippen LogP contribution in [0.5, 0.6) is 17.2 Å². The van der Waals surface area contributed by atoms with E-state index in [9.17, 15) is 0 Å². The van der Waals surface area contributed by atoms with E-state index in [4.69, 9.17) is 14.2 Å². The van der Waals surface area contributed by atoms with Crippen LogP contribution in [-0.2, 0) is 6.54 Å². The Morgan fingerprint density at radius 1 is 1.31 bits per heavy atom. The smallest absolute Gasteiger partial charge is 0.203 e. The first-order valence-corrected chi connectivity index (χ1v) is 9.04. The van der Waals surface area contributed by atoms with Gasteiger partial charge in [0, 0.05) is 6.20 Å². The Morgan fingerprint density at radius 3 is 3.08 bits per heavy atom. The lowest BCUT2D eigenvalue weighted by Gasteiger charge is -2.28. The Kier molecular flexibility index (Phi) is 4.65. The number of hydrogen-bond acceptors (Lipinski definition) is 5. The van der Waals surface area contributed by atoms with Crippen LogP contribution < -0.4 is 14.2 Å².